The minimum Gasteiger partial charge on any atom is -0.497 e. The van der Waals surface area contributed by atoms with Crippen LogP contribution in [0.15, 0.2) is 66.7 Å². The lowest BCUT2D eigenvalue weighted by atomic mass is 10.0. The quantitative estimate of drug-likeness (QED) is 0.495. The highest BCUT2D eigenvalue weighted by atomic mass is 16.5. The van der Waals surface area contributed by atoms with E-state index in [1.165, 1.54) is 0 Å². The Labute approximate surface area is 199 Å². The first-order chi connectivity index (χ1) is 16.5. The summed E-state index contributed by atoms with van der Waals surface area (Å²) in [4.78, 5) is 28.1. The number of carbonyl (C=O) groups excluding carboxylic acids is 2. The first-order valence-electron chi connectivity index (χ1n) is 11.2. The zero-order valence-corrected chi connectivity index (χ0v) is 19.5. The van der Waals surface area contributed by atoms with Gasteiger partial charge in [0.1, 0.15) is 5.75 Å². The molecule has 4 rings (SSSR count). The molecule has 3 aromatic carbocycles. The van der Waals surface area contributed by atoms with Crippen LogP contribution in [0.3, 0.4) is 0 Å². The Kier molecular flexibility index (Phi) is 7.01. The van der Waals surface area contributed by atoms with Crippen molar-refractivity contribution in [2.24, 2.45) is 0 Å². The highest BCUT2D eigenvalue weighted by Gasteiger charge is 2.34. The predicted molar refractivity (Wildman–Crippen MR) is 129 cm³/mol. The molecule has 7 nitrogen and oxygen atoms in total. The van der Waals surface area contributed by atoms with Gasteiger partial charge in [0, 0.05) is 17.8 Å². The lowest BCUT2D eigenvalue weighted by Gasteiger charge is -2.28. The van der Waals surface area contributed by atoms with E-state index in [-0.39, 0.29) is 18.2 Å². The molecule has 1 atom stereocenters. The van der Waals surface area contributed by atoms with E-state index >= 15 is 0 Å². The molecule has 0 saturated carbocycles. The van der Waals surface area contributed by atoms with Crippen molar-refractivity contribution in [1.82, 2.24) is 4.90 Å². The SMILES string of the molecule is CCOc1ccc([C@@H](CC(=O)Nc2ccc(OC)cc2)N2Cc3ccccc3C2=O)cc1OC. The first-order valence-corrected chi connectivity index (χ1v) is 11.2. The Morgan fingerprint density at radius 1 is 1.00 bits per heavy atom. The molecule has 0 fully saturated rings. The molecule has 1 heterocycles. The summed E-state index contributed by atoms with van der Waals surface area (Å²) in [6.45, 7) is 2.84. The maximum Gasteiger partial charge on any atom is 0.255 e. The number of rotatable bonds is 9. The molecule has 0 bridgehead atoms. The summed E-state index contributed by atoms with van der Waals surface area (Å²) in [5, 5.41) is 2.92. The fourth-order valence-electron chi connectivity index (χ4n) is 4.16. The fraction of sp³-hybridized carbons (Fsp3) is 0.259. The smallest absolute Gasteiger partial charge is 0.255 e. The molecule has 0 unspecified atom stereocenters. The summed E-state index contributed by atoms with van der Waals surface area (Å²) >= 11 is 0. The van der Waals surface area contributed by atoms with Gasteiger partial charge in [0.15, 0.2) is 11.5 Å². The lowest BCUT2D eigenvalue weighted by molar-refractivity contribution is -0.117. The van der Waals surface area contributed by atoms with Crippen LogP contribution in [0.5, 0.6) is 17.2 Å². The highest BCUT2D eigenvalue weighted by Crippen LogP contribution is 2.37. The van der Waals surface area contributed by atoms with Crippen LogP contribution in [0.1, 0.15) is 40.9 Å². The van der Waals surface area contributed by atoms with Gasteiger partial charge in [-0.1, -0.05) is 24.3 Å². The van der Waals surface area contributed by atoms with Gasteiger partial charge in [-0.3, -0.25) is 9.59 Å². The topological polar surface area (TPSA) is 77.1 Å². The minimum absolute atomic E-state index is 0.0862. The molecular formula is C27H28N2O5. The number of benzene rings is 3. The van der Waals surface area contributed by atoms with Gasteiger partial charge in [0.2, 0.25) is 5.91 Å². The largest absolute Gasteiger partial charge is 0.497 e. The monoisotopic (exact) mass is 460 g/mol. The van der Waals surface area contributed by atoms with Crippen molar-refractivity contribution in [3.8, 4) is 17.2 Å². The van der Waals surface area contributed by atoms with E-state index in [0.717, 1.165) is 11.1 Å². The van der Waals surface area contributed by atoms with Gasteiger partial charge in [0.25, 0.3) is 5.91 Å². The van der Waals surface area contributed by atoms with E-state index in [9.17, 15) is 9.59 Å². The van der Waals surface area contributed by atoms with Crippen molar-refractivity contribution < 1.29 is 23.8 Å². The van der Waals surface area contributed by atoms with Gasteiger partial charge >= 0.3 is 0 Å². The number of methoxy groups -OCH3 is 2. The summed E-state index contributed by atoms with van der Waals surface area (Å²) < 4.78 is 16.3. The number of hydrogen-bond donors (Lipinski definition) is 1. The number of ether oxygens (including phenoxy) is 3. The number of anilines is 1. The Morgan fingerprint density at radius 3 is 2.44 bits per heavy atom. The van der Waals surface area contributed by atoms with E-state index in [0.29, 0.717) is 41.7 Å². The molecule has 3 aromatic rings. The third-order valence-corrected chi connectivity index (χ3v) is 5.85. The van der Waals surface area contributed by atoms with Gasteiger partial charge in [0.05, 0.1) is 33.3 Å². The van der Waals surface area contributed by atoms with E-state index in [1.807, 2.05) is 49.4 Å². The molecule has 1 aliphatic heterocycles. The van der Waals surface area contributed by atoms with Gasteiger partial charge in [-0.15, -0.1) is 0 Å². The Morgan fingerprint density at radius 2 is 1.76 bits per heavy atom. The van der Waals surface area contributed by atoms with Gasteiger partial charge < -0.3 is 24.4 Å². The summed E-state index contributed by atoms with van der Waals surface area (Å²) in [6.07, 6.45) is 0.0862. The molecular weight excluding hydrogens is 432 g/mol. The normalized spacial score (nSPS) is 13.3. The van der Waals surface area contributed by atoms with Crippen molar-refractivity contribution >= 4 is 17.5 Å². The molecule has 1 aliphatic rings. The van der Waals surface area contributed by atoms with Gasteiger partial charge in [-0.25, -0.2) is 0 Å². The highest BCUT2D eigenvalue weighted by molar-refractivity contribution is 5.99. The average molecular weight is 461 g/mol. The van der Waals surface area contributed by atoms with Crippen LogP contribution >= 0.6 is 0 Å². The summed E-state index contributed by atoms with van der Waals surface area (Å²) in [7, 11) is 3.16. The molecule has 0 spiro atoms. The number of nitrogens with one attached hydrogen (secondary N) is 1. The number of hydrogen-bond acceptors (Lipinski definition) is 5. The standard InChI is InChI=1S/C27H28N2O5/c1-4-34-24-14-9-18(15-25(24)33-3)23(29-17-19-7-5-6-8-22(19)27(29)31)16-26(30)28-20-10-12-21(32-2)13-11-20/h5-15,23H,4,16-17H2,1-3H3,(H,28,30)/t23-/m1/s1. The second-order valence-electron chi connectivity index (χ2n) is 7.93. The van der Waals surface area contributed by atoms with Crippen molar-refractivity contribution in [3.63, 3.8) is 0 Å². The molecule has 0 radical (unpaired) electrons. The van der Waals surface area contributed by atoms with Crippen molar-refractivity contribution in [2.75, 3.05) is 26.1 Å². The number of nitrogens with zero attached hydrogens (tertiary/aromatic N) is 1. The van der Waals surface area contributed by atoms with E-state index < -0.39 is 6.04 Å². The van der Waals surface area contributed by atoms with Crippen LogP contribution in [0.4, 0.5) is 5.69 Å². The van der Waals surface area contributed by atoms with Crippen LogP contribution < -0.4 is 19.5 Å². The van der Waals surface area contributed by atoms with Crippen molar-refractivity contribution in [2.45, 2.75) is 25.9 Å². The summed E-state index contributed by atoms with van der Waals surface area (Å²) in [6, 6.07) is 19.7. The Bertz CT molecular complexity index is 1180. The molecule has 34 heavy (non-hydrogen) atoms. The zero-order chi connectivity index (χ0) is 24.1. The first kappa shape index (κ1) is 23.2. The molecule has 0 aromatic heterocycles. The molecule has 7 heteroatoms. The molecule has 2 amide bonds. The van der Waals surface area contributed by atoms with Crippen LogP contribution in [0.2, 0.25) is 0 Å². The molecule has 0 saturated heterocycles. The number of amides is 2. The predicted octanol–water partition coefficient (Wildman–Crippen LogP) is 4.83. The molecule has 1 N–H and O–H groups in total. The van der Waals surface area contributed by atoms with Crippen LogP contribution in [0.25, 0.3) is 0 Å². The Hall–Kier alpha value is -4.00. The fourth-order valence-corrected chi connectivity index (χ4v) is 4.16. The van der Waals surface area contributed by atoms with E-state index in [2.05, 4.69) is 5.32 Å². The second kappa shape index (κ2) is 10.3. The number of carbonyl (C=O) groups is 2. The van der Waals surface area contributed by atoms with Crippen LogP contribution in [-0.4, -0.2) is 37.5 Å². The van der Waals surface area contributed by atoms with E-state index in [1.54, 1.807) is 43.4 Å². The number of fused-ring (bicyclic) bond motifs is 1. The lowest BCUT2D eigenvalue weighted by Crippen LogP contribution is -2.32. The zero-order valence-electron chi connectivity index (χ0n) is 19.5. The maximum absolute atomic E-state index is 13.3. The average Bonchev–Trinajstić information content (AvgIpc) is 3.20. The van der Waals surface area contributed by atoms with Gasteiger partial charge in [-0.05, 0) is 60.5 Å². The maximum atomic E-state index is 13.3. The molecule has 176 valence electrons. The molecule has 0 aliphatic carbocycles. The Balaban J connectivity index is 1.63. The van der Waals surface area contributed by atoms with Crippen LogP contribution in [-0.2, 0) is 11.3 Å². The van der Waals surface area contributed by atoms with Gasteiger partial charge in [-0.2, -0.15) is 0 Å². The third-order valence-electron chi connectivity index (χ3n) is 5.85. The summed E-state index contributed by atoms with van der Waals surface area (Å²) in [5.41, 5.74) is 3.07. The van der Waals surface area contributed by atoms with Crippen molar-refractivity contribution in [1.29, 1.82) is 0 Å². The van der Waals surface area contributed by atoms with Crippen molar-refractivity contribution in [3.05, 3.63) is 83.4 Å². The third kappa shape index (κ3) is 4.83. The van der Waals surface area contributed by atoms with Crippen LogP contribution in [0, 0.1) is 0 Å². The minimum atomic E-state index is -0.484. The second-order valence-corrected chi connectivity index (χ2v) is 7.93. The van der Waals surface area contributed by atoms with E-state index in [4.69, 9.17) is 14.2 Å². The summed E-state index contributed by atoms with van der Waals surface area (Å²) in [5.74, 6) is 1.59.